The Labute approximate surface area is 114 Å². The minimum atomic E-state index is -0.172. The Morgan fingerprint density at radius 1 is 1.24 bits per heavy atom. The van der Waals surface area contributed by atoms with E-state index in [4.69, 9.17) is 5.73 Å². The first-order valence-electron chi connectivity index (χ1n) is 5.46. The van der Waals surface area contributed by atoms with Crippen LogP contribution in [0.4, 0.5) is 4.39 Å². The van der Waals surface area contributed by atoms with Crippen LogP contribution in [0.3, 0.4) is 0 Å². The van der Waals surface area contributed by atoms with Crippen molar-refractivity contribution in [1.82, 2.24) is 4.90 Å². The molecule has 1 aliphatic rings. The van der Waals surface area contributed by atoms with Gasteiger partial charge in [-0.3, -0.25) is 4.90 Å². The molecule has 1 unspecified atom stereocenters. The van der Waals surface area contributed by atoms with Crippen molar-refractivity contribution in [3.05, 3.63) is 35.6 Å². The van der Waals surface area contributed by atoms with Crippen molar-refractivity contribution in [2.75, 3.05) is 13.1 Å². The van der Waals surface area contributed by atoms with Crippen molar-refractivity contribution < 1.29 is 4.39 Å². The Balaban J connectivity index is 0.00000128. The molecule has 0 aromatic heterocycles. The van der Waals surface area contributed by atoms with Crippen LogP contribution in [0.1, 0.15) is 18.4 Å². The van der Waals surface area contributed by atoms with Crippen LogP contribution in [-0.4, -0.2) is 24.0 Å². The molecule has 1 fully saturated rings. The zero-order chi connectivity index (χ0) is 10.7. The first-order chi connectivity index (χ1) is 7.24. The van der Waals surface area contributed by atoms with Gasteiger partial charge in [-0.05, 0) is 37.1 Å². The summed E-state index contributed by atoms with van der Waals surface area (Å²) >= 11 is 0. The second-order valence-electron chi connectivity index (χ2n) is 4.26. The van der Waals surface area contributed by atoms with Crippen molar-refractivity contribution in [2.45, 2.75) is 25.4 Å². The fourth-order valence-corrected chi connectivity index (χ4v) is 2.08. The van der Waals surface area contributed by atoms with Crippen molar-refractivity contribution in [2.24, 2.45) is 5.73 Å². The van der Waals surface area contributed by atoms with E-state index in [1.807, 2.05) is 12.1 Å². The SMILES string of the molecule is Cl.Cl.NC1CCCN(Cc2ccc(F)cc2)C1. The largest absolute Gasteiger partial charge is 0.327 e. The maximum Gasteiger partial charge on any atom is 0.123 e. The Morgan fingerprint density at radius 3 is 2.47 bits per heavy atom. The lowest BCUT2D eigenvalue weighted by atomic mass is 10.1. The maximum atomic E-state index is 12.7. The highest BCUT2D eigenvalue weighted by Gasteiger charge is 2.16. The predicted molar refractivity (Wildman–Crippen MR) is 73.4 cm³/mol. The normalized spacial score (nSPS) is 20.2. The molecule has 1 aromatic carbocycles. The summed E-state index contributed by atoms with van der Waals surface area (Å²) in [5.41, 5.74) is 7.06. The van der Waals surface area contributed by atoms with Crippen molar-refractivity contribution in [1.29, 1.82) is 0 Å². The molecular formula is C12H19Cl2FN2. The lowest BCUT2D eigenvalue weighted by Gasteiger charge is -2.30. The number of rotatable bonds is 2. The molecule has 98 valence electrons. The van der Waals surface area contributed by atoms with E-state index in [1.54, 1.807) is 0 Å². The van der Waals surface area contributed by atoms with E-state index < -0.39 is 0 Å². The third-order valence-corrected chi connectivity index (χ3v) is 2.86. The summed E-state index contributed by atoms with van der Waals surface area (Å²) in [4.78, 5) is 2.33. The van der Waals surface area contributed by atoms with Gasteiger partial charge in [-0.25, -0.2) is 4.39 Å². The lowest BCUT2D eigenvalue weighted by molar-refractivity contribution is 0.201. The van der Waals surface area contributed by atoms with Gasteiger partial charge >= 0.3 is 0 Å². The van der Waals surface area contributed by atoms with Crippen LogP contribution in [-0.2, 0) is 6.54 Å². The highest BCUT2D eigenvalue weighted by atomic mass is 35.5. The zero-order valence-electron chi connectivity index (χ0n) is 9.64. The van der Waals surface area contributed by atoms with Crippen LogP contribution in [0.2, 0.25) is 0 Å². The summed E-state index contributed by atoms with van der Waals surface area (Å²) in [6.45, 7) is 2.94. The number of piperidine rings is 1. The fourth-order valence-electron chi connectivity index (χ4n) is 2.08. The molecule has 0 spiro atoms. The zero-order valence-corrected chi connectivity index (χ0v) is 11.3. The van der Waals surface area contributed by atoms with Gasteiger partial charge in [0.05, 0.1) is 0 Å². The summed E-state index contributed by atoms with van der Waals surface area (Å²) in [5.74, 6) is -0.172. The van der Waals surface area contributed by atoms with Crippen molar-refractivity contribution in [3.8, 4) is 0 Å². The number of likely N-dealkylation sites (tertiary alicyclic amines) is 1. The molecule has 0 radical (unpaired) electrons. The van der Waals surface area contributed by atoms with Crippen LogP contribution in [0, 0.1) is 5.82 Å². The number of hydrogen-bond acceptors (Lipinski definition) is 2. The number of nitrogens with zero attached hydrogens (tertiary/aromatic N) is 1. The first kappa shape index (κ1) is 16.6. The molecule has 0 saturated carbocycles. The monoisotopic (exact) mass is 280 g/mol. The van der Waals surface area contributed by atoms with Crippen LogP contribution in [0.25, 0.3) is 0 Å². The fraction of sp³-hybridized carbons (Fsp3) is 0.500. The van der Waals surface area contributed by atoms with Crippen molar-refractivity contribution in [3.63, 3.8) is 0 Å². The van der Waals surface area contributed by atoms with E-state index >= 15 is 0 Å². The van der Waals surface area contributed by atoms with Gasteiger partial charge < -0.3 is 5.73 Å². The lowest BCUT2D eigenvalue weighted by Crippen LogP contribution is -2.42. The second-order valence-corrected chi connectivity index (χ2v) is 4.26. The quantitative estimate of drug-likeness (QED) is 0.902. The summed E-state index contributed by atoms with van der Waals surface area (Å²) in [6.07, 6.45) is 2.29. The Kier molecular flexibility index (Phi) is 7.71. The highest BCUT2D eigenvalue weighted by molar-refractivity contribution is 5.85. The van der Waals surface area contributed by atoms with E-state index in [9.17, 15) is 4.39 Å². The number of hydrogen-bond donors (Lipinski definition) is 1. The molecule has 5 heteroatoms. The molecule has 0 bridgehead atoms. The van der Waals surface area contributed by atoms with E-state index in [0.29, 0.717) is 6.04 Å². The predicted octanol–water partition coefficient (Wildman–Crippen LogP) is 2.59. The van der Waals surface area contributed by atoms with Gasteiger partial charge in [-0.15, -0.1) is 24.8 Å². The highest BCUT2D eigenvalue weighted by Crippen LogP contribution is 2.12. The smallest absolute Gasteiger partial charge is 0.123 e. The molecule has 1 atom stereocenters. The minimum absolute atomic E-state index is 0. The Hall–Kier alpha value is -0.350. The van der Waals surface area contributed by atoms with Gasteiger partial charge in [-0.1, -0.05) is 12.1 Å². The molecular weight excluding hydrogens is 262 g/mol. The summed E-state index contributed by atoms with van der Waals surface area (Å²) in [6, 6.07) is 7.02. The minimum Gasteiger partial charge on any atom is -0.327 e. The average molecular weight is 281 g/mol. The molecule has 1 aromatic rings. The Bertz CT molecular complexity index is 319. The third-order valence-electron chi connectivity index (χ3n) is 2.86. The standard InChI is InChI=1S/C12H17FN2.2ClH/c13-11-5-3-10(4-6-11)8-15-7-1-2-12(14)9-15;;/h3-6,12H,1-2,7-9,14H2;2*1H. The van der Waals surface area contributed by atoms with E-state index in [-0.39, 0.29) is 30.6 Å². The van der Waals surface area contributed by atoms with E-state index in [1.165, 1.54) is 18.6 Å². The molecule has 0 amide bonds. The van der Waals surface area contributed by atoms with Gasteiger partial charge in [0.2, 0.25) is 0 Å². The molecule has 0 aliphatic carbocycles. The van der Waals surface area contributed by atoms with Crippen LogP contribution >= 0.6 is 24.8 Å². The first-order valence-corrected chi connectivity index (χ1v) is 5.46. The number of nitrogens with two attached hydrogens (primary N) is 1. The summed E-state index contributed by atoms with van der Waals surface area (Å²) in [5, 5.41) is 0. The van der Waals surface area contributed by atoms with Crippen LogP contribution in [0.5, 0.6) is 0 Å². The van der Waals surface area contributed by atoms with E-state index in [2.05, 4.69) is 4.90 Å². The molecule has 2 rings (SSSR count). The summed E-state index contributed by atoms with van der Waals surface area (Å²) < 4.78 is 12.7. The van der Waals surface area contributed by atoms with Gasteiger partial charge in [-0.2, -0.15) is 0 Å². The molecule has 2 N–H and O–H groups in total. The molecule has 1 heterocycles. The van der Waals surface area contributed by atoms with Gasteiger partial charge in [0.15, 0.2) is 0 Å². The molecule has 1 aliphatic heterocycles. The maximum absolute atomic E-state index is 12.7. The average Bonchev–Trinajstić information content (AvgIpc) is 2.22. The molecule has 2 nitrogen and oxygen atoms in total. The van der Waals surface area contributed by atoms with E-state index in [0.717, 1.165) is 31.6 Å². The van der Waals surface area contributed by atoms with Crippen LogP contribution in [0.15, 0.2) is 24.3 Å². The van der Waals surface area contributed by atoms with Gasteiger partial charge in [0.1, 0.15) is 5.82 Å². The number of benzene rings is 1. The Morgan fingerprint density at radius 2 is 1.88 bits per heavy atom. The molecule has 17 heavy (non-hydrogen) atoms. The third kappa shape index (κ3) is 5.21. The topological polar surface area (TPSA) is 29.3 Å². The summed E-state index contributed by atoms with van der Waals surface area (Å²) in [7, 11) is 0. The van der Waals surface area contributed by atoms with Crippen molar-refractivity contribution >= 4 is 24.8 Å². The van der Waals surface area contributed by atoms with Gasteiger partial charge in [0, 0.05) is 19.1 Å². The van der Waals surface area contributed by atoms with Gasteiger partial charge in [0.25, 0.3) is 0 Å². The molecule has 1 saturated heterocycles. The second kappa shape index (κ2) is 7.88. The van der Waals surface area contributed by atoms with Crippen LogP contribution < -0.4 is 5.73 Å². The number of halogens is 3.